The van der Waals surface area contributed by atoms with E-state index in [9.17, 15) is 4.79 Å². The molecule has 0 radical (unpaired) electrons. The van der Waals surface area contributed by atoms with Crippen LogP contribution in [0.3, 0.4) is 0 Å². The Hall–Kier alpha value is -3.03. The van der Waals surface area contributed by atoms with Crippen molar-refractivity contribution in [3.8, 4) is 11.5 Å². The standard InChI is InChI=1S/C23H26N6O2/c30-21(19-13-18(26-27-19)16-3-4-16)29-11-7-23(8-12-29,14-15-1-2-15)22-25-20(31-28-22)17-5-9-24-10-6-17/h5-6,9-10,13,15-16H,1-4,7-8,11-12,14H2,(H,26,27). The first-order chi connectivity index (χ1) is 15.2. The molecule has 1 amide bonds. The number of rotatable bonds is 6. The summed E-state index contributed by atoms with van der Waals surface area (Å²) in [6, 6.07) is 5.70. The maximum atomic E-state index is 13.0. The first-order valence-corrected chi connectivity index (χ1v) is 11.3. The van der Waals surface area contributed by atoms with Crippen LogP contribution in [0.5, 0.6) is 0 Å². The van der Waals surface area contributed by atoms with E-state index in [1.165, 1.54) is 25.7 Å². The summed E-state index contributed by atoms with van der Waals surface area (Å²) in [6.45, 7) is 1.38. The molecule has 1 N–H and O–H groups in total. The highest BCUT2D eigenvalue weighted by Crippen LogP contribution is 2.47. The average molecular weight is 419 g/mol. The molecule has 1 aliphatic heterocycles. The van der Waals surface area contributed by atoms with Crippen LogP contribution in [0.2, 0.25) is 0 Å². The van der Waals surface area contributed by atoms with E-state index >= 15 is 0 Å². The van der Waals surface area contributed by atoms with Crippen LogP contribution in [0.15, 0.2) is 35.1 Å². The summed E-state index contributed by atoms with van der Waals surface area (Å²) >= 11 is 0. The molecule has 3 fully saturated rings. The highest BCUT2D eigenvalue weighted by molar-refractivity contribution is 5.92. The fraction of sp³-hybridized carbons (Fsp3) is 0.522. The first kappa shape index (κ1) is 18.7. The molecular weight excluding hydrogens is 392 g/mol. The Morgan fingerprint density at radius 2 is 1.94 bits per heavy atom. The molecule has 8 heteroatoms. The van der Waals surface area contributed by atoms with E-state index in [1.807, 2.05) is 23.1 Å². The minimum absolute atomic E-state index is 0.0220. The number of nitrogens with zero attached hydrogens (tertiary/aromatic N) is 5. The number of H-pyrrole nitrogens is 1. The summed E-state index contributed by atoms with van der Waals surface area (Å²) < 4.78 is 5.62. The molecule has 160 valence electrons. The normalized spacial score (nSPS) is 20.7. The van der Waals surface area contributed by atoms with Crippen LogP contribution in [-0.2, 0) is 5.41 Å². The van der Waals surface area contributed by atoms with E-state index in [2.05, 4.69) is 20.3 Å². The number of aromatic nitrogens is 5. The van der Waals surface area contributed by atoms with Crippen molar-refractivity contribution in [1.29, 1.82) is 0 Å². The van der Waals surface area contributed by atoms with E-state index in [4.69, 9.17) is 9.51 Å². The summed E-state index contributed by atoms with van der Waals surface area (Å²) in [6.07, 6.45) is 11.2. The Bertz CT molecular complexity index is 1070. The van der Waals surface area contributed by atoms with Gasteiger partial charge >= 0.3 is 0 Å². The number of likely N-dealkylation sites (tertiary alicyclic amines) is 1. The monoisotopic (exact) mass is 418 g/mol. The minimum atomic E-state index is -0.128. The minimum Gasteiger partial charge on any atom is -0.337 e. The van der Waals surface area contributed by atoms with Crippen molar-refractivity contribution in [2.45, 2.75) is 56.3 Å². The molecular formula is C23H26N6O2. The molecule has 2 aliphatic carbocycles. The molecule has 2 saturated carbocycles. The molecule has 0 aromatic carbocycles. The highest BCUT2D eigenvalue weighted by Gasteiger charge is 2.45. The van der Waals surface area contributed by atoms with E-state index in [0.717, 1.165) is 42.3 Å². The van der Waals surface area contributed by atoms with Crippen LogP contribution in [0.4, 0.5) is 0 Å². The van der Waals surface area contributed by atoms with E-state index in [0.29, 0.717) is 30.6 Å². The molecule has 1 saturated heterocycles. The maximum Gasteiger partial charge on any atom is 0.274 e. The van der Waals surface area contributed by atoms with Crippen LogP contribution in [0.25, 0.3) is 11.5 Å². The summed E-state index contributed by atoms with van der Waals surface area (Å²) in [5, 5.41) is 11.7. The van der Waals surface area contributed by atoms with Gasteiger partial charge < -0.3 is 9.42 Å². The van der Waals surface area contributed by atoms with Gasteiger partial charge in [0.2, 0.25) is 0 Å². The van der Waals surface area contributed by atoms with E-state index in [1.54, 1.807) is 12.4 Å². The van der Waals surface area contributed by atoms with Crippen LogP contribution >= 0.6 is 0 Å². The summed E-state index contributed by atoms with van der Waals surface area (Å²) in [5.41, 5.74) is 2.39. The molecule has 3 aromatic heterocycles. The fourth-order valence-corrected chi connectivity index (χ4v) is 4.79. The van der Waals surface area contributed by atoms with Gasteiger partial charge in [0.25, 0.3) is 11.8 Å². The Labute approximate surface area is 180 Å². The first-order valence-electron chi connectivity index (χ1n) is 11.3. The van der Waals surface area contributed by atoms with Crippen molar-refractivity contribution < 1.29 is 9.32 Å². The lowest BCUT2D eigenvalue weighted by Crippen LogP contribution is -2.46. The zero-order chi connectivity index (χ0) is 20.8. The van der Waals surface area contributed by atoms with Gasteiger partial charge in [-0.2, -0.15) is 10.1 Å². The lowest BCUT2D eigenvalue weighted by molar-refractivity contribution is 0.0639. The van der Waals surface area contributed by atoms with E-state index < -0.39 is 0 Å². The molecule has 6 rings (SSSR count). The van der Waals surface area contributed by atoms with Gasteiger partial charge in [-0.3, -0.25) is 14.9 Å². The molecule has 0 spiro atoms. The number of aromatic amines is 1. The number of carbonyl (C=O) groups excluding carboxylic acids is 1. The van der Waals surface area contributed by atoms with Gasteiger partial charge in [0.15, 0.2) is 5.82 Å². The lowest BCUT2D eigenvalue weighted by atomic mass is 9.73. The summed E-state index contributed by atoms with van der Waals surface area (Å²) in [4.78, 5) is 23.8. The van der Waals surface area contributed by atoms with Gasteiger partial charge in [0.1, 0.15) is 5.69 Å². The van der Waals surface area contributed by atoms with Crippen molar-refractivity contribution in [2.75, 3.05) is 13.1 Å². The Morgan fingerprint density at radius 1 is 1.16 bits per heavy atom. The third-order valence-corrected chi connectivity index (χ3v) is 7.05. The largest absolute Gasteiger partial charge is 0.337 e. The predicted octanol–water partition coefficient (Wildman–Crippen LogP) is 3.71. The van der Waals surface area contributed by atoms with Crippen molar-refractivity contribution in [3.05, 3.63) is 47.8 Å². The second-order valence-corrected chi connectivity index (χ2v) is 9.36. The van der Waals surface area contributed by atoms with Gasteiger partial charge in [0, 0.05) is 48.1 Å². The van der Waals surface area contributed by atoms with Crippen molar-refractivity contribution in [2.24, 2.45) is 5.92 Å². The molecule has 0 atom stereocenters. The second kappa shape index (κ2) is 7.28. The number of amides is 1. The predicted molar refractivity (Wildman–Crippen MR) is 112 cm³/mol. The Morgan fingerprint density at radius 3 is 2.65 bits per heavy atom. The topological polar surface area (TPSA) is 101 Å². The smallest absolute Gasteiger partial charge is 0.274 e. The number of pyridine rings is 1. The van der Waals surface area contributed by atoms with Crippen LogP contribution in [-0.4, -0.2) is 49.2 Å². The molecule has 31 heavy (non-hydrogen) atoms. The lowest BCUT2D eigenvalue weighted by Gasteiger charge is -2.39. The quantitative estimate of drug-likeness (QED) is 0.655. The zero-order valence-electron chi connectivity index (χ0n) is 17.5. The van der Waals surface area contributed by atoms with Crippen molar-refractivity contribution in [1.82, 2.24) is 30.2 Å². The average Bonchev–Trinajstić information content (AvgIpc) is 3.72. The number of nitrogens with one attached hydrogen (secondary N) is 1. The van der Waals surface area contributed by atoms with Gasteiger partial charge in [-0.05, 0) is 56.2 Å². The number of carbonyl (C=O) groups is 1. The molecule has 8 nitrogen and oxygen atoms in total. The van der Waals surface area contributed by atoms with Crippen LogP contribution in [0.1, 0.15) is 72.9 Å². The van der Waals surface area contributed by atoms with Gasteiger partial charge in [0.05, 0.1) is 0 Å². The third-order valence-electron chi connectivity index (χ3n) is 7.05. The van der Waals surface area contributed by atoms with Crippen molar-refractivity contribution in [3.63, 3.8) is 0 Å². The fourth-order valence-electron chi connectivity index (χ4n) is 4.79. The van der Waals surface area contributed by atoms with Crippen LogP contribution < -0.4 is 0 Å². The molecule has 3 aliphatic rings. The molecule has 0 bridgehead atoms. The molecule has 0 unspecified atom stereocenters. The van der Waals surface area contributed by atoms with Crippen LogP contribution in [0, 0.1) is 5.92 Å². The number of hydrogen-bond donors (Lipinski definition) is 1. The highest BCUT2D eigenvalue weighted by atomic mass is 16.5. The molecule has 3 aromatic rings. The van der Waals surface area contributed by atoms with Gasteiger partial charge in [-0.25, -0.2) is 0 Å². The number of hydrogen-bond acceptors (Lipinski definition) is 6. The maximum absolute atomic E-state index is 13.0. The van der Waals surface area contributed by atoms with Gasteiger partial charge in [-0.1, -0.05) is 18.0 Å². The number of piperidine rings is 1. The third kappa shape index (κ3) is 3.64. The van der Waals surface area contributed by atoms with Gasteiger partial charge in [-0.15, -0.1) is 0 Å². The zero-order valence-corrected chi connectivity index (χ0v) is 17.5. The van der Waals surface area contributed by atoms with Crippen molar-refractivity contribution >= 4 is 5.91 Å². The molecule has 4 heterocycles. The second-order valence-electron chi connectivity index (χ2n) is 9.36. The summed E-state index contributed by atoms with van der Waals surface area (Å²) in [5.74, 6) is 2.64. The summed E-state index contributed by atoms with van der Waals surface area (Å²) in [7, 11) is 0. The SMILES string of the molecule is O=C(c1cc(C2CC2)[nH]n1)N1CCC(CC2CC2)(c2noc(-c3ccncc3)n2)CC1. The Balaban J connectivity index is 1.20. The van der Waals surface area contributed by atoms with E-state index in [-0.39, 0.29) is 11.3 Å². The Kier molecular flexibility index (Phi) is 4.40.